The van der Waals surface area contributed by atoms with E-state index in [9.17, 15) is 9.59 Å². The molecule has 3 aliphatic carbocycles. The van der Waals surface area contributed by atoms with E-state index < -0.39 is 0 Å². The summed E-state index contributed by atoms with van der Waals surface area (Å²) in [5, 5.41) is 5.90. The summed E-state index contributed by atoms with van der Waals surface area (Å²) in [6.45, 7) is 0. The number of benzene rings is 1. The molecule has 1 spiro atoms. The molecule has 1 aromatic rings. The molecule has 4 unspecified atom stereocenters. The molecular weight excluding hydrogens is 312 g/mol. The smallest absolute Gasteiger partial charge is 0.254 e. The lowest BCUT2D eigenvalue weighted by molar-refractivity contribution is -0.141. The van der Waals surface area contributed by atoms with E-state index in [1.807, 2.05) is 12.1 Å². The lowest BCUT2D eigenvalue weighted by Gasteiger charge is -2.18. The van der Waals surface area contributed by atoms with E-state index in [0.29, 0.717) is 5.02 Å². The van der Waals surface area contributed by atoms with Gasteiger partial charge in [-0.1, -0.05) is 35.9 Å². The van der Waals surface area contributed by atoms with Gasteiger partial charge >= 0.3 is 0 Å². The molecule has 2 amide bonds. The molecule has 4 nitrogen and oxygen atoms in total. The largest absolute Gasteiger partial charge is 0.272 e. The number of nitrogens with zero attached hydrogens (tertiary/aromatic N) is 2. The number of carbonyl (C=O) groups excluding carboxylic acids is 2. The van der Waals surface area contributed by atoms with Gasteiger partial charge < -0.3 is 0 Å². The summed E-state index contributed by atoms with van der Waals surface area (Å²) < 4.78 is 0. The van der Waals surface area contributed by atoms with Gasteiger partial charge in [0.2, 0.25) is 0 Å². The van der Waals surface area contributed by atoms with E-state index >= 15 is 0 Å². The summed E-state index contributed by atoms with van der Waals surface area (Å²) in [6.07, 6.45) is 8.18. The van der Waals surface area contributed by atoms with Gasteiger partial charge in [0.25, 0.3) is 11.8 Å². The van der Waals surface area contributed by atoms with E-state index in [4.69, 9.17) is 11.6 Å². The second-order valence-electron chi connectivity index (χ2n) is 7.01. The van der Waals surface area contributed by atoms with Gasteiger partial charge in [0.1, 0.15) is 0 Å². The van der Waals surface area contributed by atoms with Crippen LogP contribution in [0.25, 0.3) is 0 Å². The number of rotatable bonds is 2. The lowest BCUT2D eigenvalue weighted by atomic mass is 9.85. The monoisotopic (exact) mass is 326 g/mol. The molecule has 1 aromatic carbocycles. The van der Waals surface area contributed by atoms with E-state index in [0.717, 1.165) is 23.4 Å². The summed E-state index contributed by atoms with van der Waals surface area (Å²) in [6, 6.07) is 7.13. The highest BCUT2D eigenvalue weighted by Gasteiger charge is 2.73. The Morgan fingerprint density at radius 1 is 1.04 bits per heavy atom. The van der Waals surface area contributed by atoms with Crippen LogP contribution in [0.15, 0.2) is 41.5 Å². The highest BCUT2D eigenvalue weighted by molar-refractivity contribution is 6.30. The summed E-state index contributed by atoms with van der Waals surface area (Å²) in [7, 11) is 0. The van der Waals surface area contributed by atoms with Crippen LogP contribution in [0.5, 0.6) is 0 Å². The highest BCUT2D eigenvalue weighted by atomic mass is 35.5. The number of imide groups is 1. The molecule has 4 aliphatic rings. The average Bonchev–Trinajstić information content (AvgIpc) is 3.15. The van der Waals surface area contributed by atoms with E-state index in [-0.39, 0.29) is 40.9 Å². The van der Waals surface area contributed by atoms with Gasteiger partial charge in [-0.2, -0.15) is 10.1 Å². The maximum Gasteiger partial charge on any atom is 0.254 e. The number of hydrazone groups is 1. The number of allylic oxidation sites excluding steroid dienone is 2. The fourth-order valence-corrected chi connectivity index (χ4v) is 4.98. The third-order valence-electron chi connectivity index (χ3n) is 6.02. The zero-order chi connectivity index (χ0) is 15.8. The van der Waals surface area contributed by atoms with Crippen molar-refractivity contribution < 1.29 is 9.59 Å². The summed E-state index contributed by atoms with van der Waals surface area (Å²) in [4.78, 5) is 25.4. The standard InChI is InChI=1S/C18H15ClN2O2/c19-11-3-1-10(2-4-11)9-20-21-16(22)14-12-5-6-13(15(14)17(21)23)18(12)7-8-18/h1-6,9,12-15H,7-8H2/b20-9+. The molecule has 23 heavy (non-hydrogen) atoms. The molecule has 5 rings (SSSR count). The van der Waals surface area contributed by atoms with Crippen LogP contribution in [-0.4, -0.2) is 23.0 Å². The Labute approximate surface area is 138 Å². The van der Waals surface area contributed by atoms with Gasteiger partial charge in [0.15, 0.2) is 0 Å². The van der Waals surface area contributed by atoms with Crippen molar-refractivity contribution in [2.45, 2.75) is 12.8 Å². The number of hydrogen-bond acceptors (Lipinski definition) is 3. The number of halogens is 1. The molecule has 5 heteroatoms. The van der Waals surface area contributed by atoms with Gasteiger partial charge in [-0.25, -0.2) is 0 Å². The number of amides is 2. The Morgan fingerprint density at radius 2 is 1.61 bits per heavy atom. The van der Waals surface area contributed by atoms with Crippen molar-refractivity contribution >= 4 is 29.6 Å². The van der Waals surface area contributed by atoms with Crippen LogP contribution < -0.4 is 0 Å². The lowest BCUT2D eigenvalue weighted by Crippen LogP contribution is -2.30. The van der Waals surface area contributed by atoms with Gasteiger partial charge in [-0.05, 0) is 47.8 Å². The zero-order valence-electron chi connectivity index (χ0n) is 12.4. The Bertz CT molecular complexity index is 745. The second kappa shape index (κ2) is 4.32. The van der Waals surface area contributed by atoms with Gasteiger partial charge in [-0.15, -0.1) is 0 Å². The predicted molar refractivity (Wildman–Crippen MR) is 85.7 cm³/mol. The summed E-state index contributed by atoms with van der Waals surface area (Å²) in [5.74, 6) is -0.166. The first kappa shape index (κ1) is 13.5. The minimum absolute atomic E-state index is 0.131. The highest BCUT2D eigenvalue weighted by Crippen LogP contribution is 2.73. The van der Waals surface area contributed by atoms with Gasteiger partial charge in [0.05, 0.1) is 18.1 Å². The molecule has 2 saturated carbocycles. The third-order valence-corrected chi connectivity index (χ3v) is 6.27. The molecular formula is C18H15ClN2O2. The van der Waals surface area contributed by atoms with Crippen molar-refractivity contribution in [1.29, 1.82) is 0 Å². The minimum Gasteiger partial charge on any atom is -0.272 e. The molecule has 0 N–H and O–H groups in total. The molecule has 4 atom stereocenters. The fourth-order valence-electron chi connectivity index (χ4n) is 4.85. The third kappa shape index (κ3) is 1.65. The zero-order valence-corrected chi connectivity index (χ0v) is 13.1. The van der Waals surface area contributed by atoms with Crippen LogP contribution in [-0.2, 0) is 9.59 Å². The summed E-state index contributed by atoms with van der Waals surface area (Å²) >= 11 is 5.85. The van der Waals surface area contributed by atoms with Crippen LogP contribution in [0.1, 0.15) is 18.4 Å². The molecule has 0 aromatic heterocycles. The van der Waals surface area contributed by atoms with Crippen molar-refractivity contribution in [1.82, 2.24) is 5.01 Å². The first-order valence-corrected chi connectivity index (χ1v) is 8.35. The van der Waals surface area contributed by atoms with E-state index in [1.54, 1.807) is 18.3 Å². The first-order chi connectivity index (χ1) is 11.1. The molecule has 1 heterocycles. The number of hydrogen-bond donors (Lipinski definition) is 0. The van der Waals surface area contributed by atoms with Crippen molar-refractivity contribution in [3.05, 3.63) is 47.0 Å². The van der Waals surface area contributed by atoms with Crippen molar-refractivity contribution in [3.63, 3.8) is 0 Å². The molecule has 1 aliphatic heterocycles. The van der Waals surface area contributed by atoms with Gasteiger partial charge in [0, 0.05) is 5.02 Å². The van der Waals surface area contributed by atoms with Crippen LogP contribution in [0.4, 0.5) is 0 Å². The van der Waals surface area contributed by atoms with Crippen molar-refractivity contribution in [2.75, 3.05) is 0 Å². The number of fused-ring (bicyclic) bond motifs is 3. The molecule has 1 saturated heterocycles. The van der Waals surface area contributed by atoms with E-state index in [1.165, 1.54) is 0 Å². The maximum atomic E-state index is 12.7. The topological polar surface area (TPSA) is 49.7 Å². The molecule has 2 bridgehead atoms. The van der Waals surface area contributed by atoms with Gasteiger partial charge in [-0.3, -0.25) is 9.59 Å². The van der Waals surface area contributed by atoms with E-state index in [2.05, 4.69) is 17.3 Å². The second-order valence-corrected chi connectivity index (χ2v) is 7.44. The minimum atomic E-state index is -0.192. The Morgan fingerprint density at radius 3 is 2.13 bits per heavy atom. The number of carbonyl (C=O) groups is 2. The molecule has 0 radical (unpaired) electrons. The first-order valence-electron chi connectivity index (χ1n) is 7.97. The van der Waals surface area contributed by atoms with Crippen molar-refractivity contribution in [2.24, 2.45) is 34.2 Å². The van der Waals surface area contributed by atoms with Crippen LogP contribution >= 0.6 is 11.6 Å². The normalized spacial score (nSPS) is 35.8. The van der Waals surface area contributed by atoms with Crippen LogP contribution in [0.3, 0.4) is 0 Å². The Hall–Kier alpha value is -1.94. The predicted octanol–water partition coefficient (Wildman–Crippen LogP) is 2.87. The fraction of sp³-hybridized carbons (Fsp3) is 0.389. The van der Waals surface area contributed by atoms with Crippen LogP contribution in [0.2, 0.25) is 5.02 Å². The molecule has 3 fully saturated rings. The molecule has 116 valence electrons. The Balaban J connectivity index is 1.43. The van der Waals surface area contributed by atoms with Crippen molar-refractivity contribution in [3.8, 4) is 0 Å². The Kier molecular flexibility index (Phi) is 2.54. The summed E-state index contributed by atoms with van der Waals surface area (Å²) in [5.41, 5.74) is 1.04. The van der Waals surface area contributed by atoms with Crippen LogP contribution in [0, 0.1) is 29.1 Å². The SMILES string of the molecule is O=C1C2C(C(=O)N1/N=C/c1ccc(Cl)cc1)C1C=CC2C12CC2. The quantitative estimate of drug-likeness (QED) is 0.476. The average molecular weight is 327 g/mol. The maximum absolute atomic E-state index is 12.7.